The summed E-state index contributed by atoms with van der Waals surface area (Å²) in [5, 5.41) is 0. The first-order chi connectivity index (χ1) is 10.9. The van der Waals surface area contributed by atoms with Gasteiger partial charge >= 0.3 is 0 Å². The Bertz CT molecular complexity index is 701. The average molecular weight is 286 g/mol. The molecule has 0 radical (unpaired) electrons. The summed E-state index contributed by atoms with van der Waals surface area (Å²) in [5.41, 5.74) is 5.99. The average Bonchev–Trinajstić information content (AvgIpc) is 2.61. The van der Waals surface area contributed by atoms with Gasteiger partial charge in [0.2, 0.25) is 0 Å². The highest BCUT2D eigenvalue weighted by Gasteiger charge is 2.09. The zero-order chi connectivity index (χ0) is 15.2. The van der Waals surface area contributed by atoms with E-state index in [-0.39, 0.29) is 0 Å². The number of methoxy groups -OCH3 is 1. The lowest BCUT2D eigenvalue weighted by atomic mass is 9.92. The van der Waals surface area contributed by atoms with Gasteiger partial charge in [0, 0.05) is 0 Å². The molecule has 0 spiro atoms. The number of benzene rings is 3. The van der Waals surface area contributed by atoms with E-state index in [0.717, 1.165) is 0 Å². The van der Waals surface area contributed by atoms with E-state index in [1.165, 1.54) is 27.8 Å². The van der Waals surface area contributed by atoms with E-state index in [1.807, 2.05) is 18.2 Å². The van der Waals surface area contributed by atoms with E-state index in [9.17, 15) is 0 Å². The van der Waals surface area contributed by atoms with Crippen LogP contribution in [0.1, 0.15) is 5.56 Å². The second kappa shape index (κ2) is 6.77. The third kappa shape index (κ3) is 2.94. The van der Waals surface area contributed by atoms with Gasteiger partial charge in [0.15, 0.2) is 0 Å². The summed E-state index contributed by atoms with van der Waals surface area (Å²) in [6.45, 7) is 0. The minimum atomic E-state index is 1.17. The molecule has 0 aliphatic rings. The molecule has 0 aliphatic carbocycles. The van der Waals surface area contributed by atoms with E-state index in [4.69, 9.17) is 4.74 Å². The van der Waals surface area contributed by atoms with Gasteiger partial charge in [0.05, 0.1) is 13.4 Å². The largest absolute Gasteiger partial charge is 0.504 e. The van der Waals surface area contributed by atoms with Gasteiger partial charge < -0.3 is 4.74 Å². The fraction of sp³-hybridized carbons (Fsp3) is 0.0476. The van der Waals surface area contributed by atoms with Gasteiger partial charge in [-0.2, -0.15) is 0 Å². The number of hydrogen-bond acceptors (Lipinski definition) is 1. The monoisotopic (exact) mass is 286 g/mol. The van der Waals surface area contributed by atoms with Crippen molar-refractivity contribution in [2.45, 2.75) is 0 Å². The topological polar surface area (TPSA) is 9.23 Å². The van der Waals surface area contributed by atoms with Crippen molar-refractivity contribution in [3.8, 4) is 22.3 Å². The highest BCUT2D eigenvalue weighted by molar-refractivity contribution is 5.86. The molecule has 0 N–H and O–H groups in total. The van der Waals surface area contributed by atoms with Crippen LogP contribution in [0.2, 0.25) is 0 Å². The van der Waals surface area contributed by atoms with Crippen LogP contribution < -0.4 is 0 Å². The summed E-state index contributed by atoms with van der Waals surface area (Å²) in [6.07, 6.45) is 3.76. The molecule has 0 heterocycles. The van der Waals surface area contributed by atoms with Crippen LogP contribution in [0.3, 0.4) is 0 Å². The molecule has 1 nitrogen and oxygen atoms in total. The Balaban J connectivity index is 2.21. The maximum Gasteiger partial charge on any atom is 0.0831 e. The molecule has 3 aromatic carbocycles. The maximum absolute atomic E-state index is 5.15. The molecule has 0 saturated carbocycles. The first-order valence-corrected chi connectivity index (χ1v) is 7.33. The van der Waals surface area contributed by atoms with Crippen LogP contribution in [0.4, 0.5) is 0 Å². The Kier molecular flexibility index (Phi) is 4.35. The van der Waals surface area contributed by atoms with Crippen molar-refractivity contribution in [3.05, 3.63) is 90.7 Å². The van der Waals surface area contributed by atoms with Crippen molar-refractivity contribution in [2.75, 3.05) is 7.11 Å². The second-order valence-corrected chi connectivity index (χ2v) is 5.04. The lowest BCUT2D eigenvalue weighted by Gasteiger charge is -2.12. The number of hydrogen-bond donors (Lipinski definition) is 0. The fourth-order valence-corrected chi connectivity index (χ4v) is 2.62. The van der Waals surface area contributed by atoms with Crippen LogP contribution >= 0.6 is 0 Å². The van der Waals surface area contributed by atoms with Crippen molar-refractivity contribution in [3.63, 3.8) is 0 Å². The smallest absolute Gasteiger partial charge is 0.0831 e. The van der Waals surface area contributed by atoms with Crippen molar-refractivity contribution < 1.29 is 4.74 Å². The van der Waals surface area contributed by atoms with Crippen LogP contribution in [0.5, 0.6) is 0 Å². The number of rotatable bonds is 4. The Morgan fingerprint density at radius 2 is 1.14 bits per heavy atom. The van der Waals surface area contributed by atoms with Crippen molar-refractivity contribution in [2.24, 2.45) is 0 Å². The predicted molar refractivity (Wildman–Crippen MR) is 93.4 cm³/mol. The second-order valence-electron chi connectivity index (χ2n) is 5.04. The zero-order valence-corrected chi connectivity index (χ0v) is 12.6. The molecular weight excluding hydrogens is 268 g/mol. The van der Waals surface area contributed by atoms with Gasteiger partial charge in [0.25, 0.3) is 0 Å². The van der Waals surface area contributed by atoms with E-state index in [1.54, 1.807) is 13.4 Å². The van der Waals surface area contributed by atoms with Gasteiger partial charge in [-0.25, -0.2) is 0 Å². The van der Waals surface area contributed by atoms with E-state index < -0.39 is 0 Å². The van der Waals surface area contributed by atoms with Gasteiger partial charge in [-0.15, -0.1) is 0 Å². The Labute approximate surface area is 131 Å². The molecule has 0 aliphatic heterocycles. The molecular formula is C21H18O. The summed E-state index contributed by atoms with van der Waals surface area (Å²) in [4.78, 5) is 0. The lowest BCUT2D eigenvalue weighted by molar-refractivity contribution is 0.341. The Hall–Kier alpha value is -2.80. The summed E-state index contributed by atoms with van der Waals surface area (Å²) < 4.78 is 5.15. The molecule has 1 heteroatoms. The van der Waals surface area contributed by atoms with Crippen molar-refractivity contribution >= 4 is 6.08 Å². The first kappa shape index (κ1) is 14.2. The van der Waals surface area contributed by atoms with Crippen LogP contribution in [-0.2, 0) is 4.74 Å². The quantitative estimate of drug-likeness (QED) is 0.564. The summed E-state index contributed by atoms with van der Waals surface area (Å²) >= 11 is 0. The first-order valence-electron chi connectivity index (χ1n) is 7.33. The molecule has 0 bridgehead atoms. The molecule has 0 fully saturated rings. The van der Waals surface area contributed by atoms with E-state index in [2.05, 4.69) is 66.7 Å². The molecule has 3 aromatic rings. The Morgan fingerprint density at radius 1 is 0.636 bits per heavy atom. The van der Waals surface area contributed by atoms with Gasteiger partial charge in [0.1, 0.15) is 0 Å². The molecule has 0 aromatic heterocycles. The van der Waals surface area contributed by atoms with Crippen LogP contribution in [0.25, 0.3) is 28.3 Å². The predicted octanol–water partition coefficient (Wildman–Crippen LogP) is 5.64. The highest BCUT2D eigenvalue weighted by Crippen LogP contribution is 2.33. The van der Waals surface area contributed by atoms with E-state index >= 15 is 0 Å². The SMILES string of the molecule is CO/C=C/c1c(-c2ccccc2)cccc1-c1ccccc1. The molecule has 0 unspecified atom stereocenters. The van der Waals surface area contributed by atoms with Gasteiger partial charge in [-0.05, 0) is 33.9 Å². The highest BCUT2D eigenvalue weighted by atomic mass is 16.5. The molecule has 108 valence electrons. The summed E-state index contributed by atoms with van der Waals surface area (Å²) in [6, 6.07) is 27.3. The van der Waals surface area contributed by atoms with E-state index in [0.29, 0.717) is 0 Å². The van der Waals surface area contributed by atoms with Crippen molar-refractivity contribution in [1.82, 2.24) is 0 Å². The van der Waals surface area contributed by atoms with Crippen LogP contribution in [0, 0.1) is 0 Å². The summed E-state index contributed by atoms with van der Waals surface area (Å²) in [5.74, 6) is 0. The third-order valence-electron chi connectivity index (χ3n) is 3.65. The fourth-order valence-electron chi connectivity index (χ4n) is 2.62. The van der Waals surface area contributed by atoms with Gasteiger partial charge in [-0.3, -0.25) is 0 Å². The Morgan fingerprint density at radius 3 is 1.59 bits per heavy atom. The third-order valence-corrected chi connectivity index (χ3v) is 3.65. The number of ether oxygens (including phenoxy) is 1. The summed E-state index contributed by atoms with van der Waals surface area (Å²) in [7, 11) is 1.67. The standard InChI is InChI=1S/C21H18O/c1-22-16-15-21-19(17-9-4-2-5-10-17)13-8-14-20(21)18-11-6-3-7-12-18/h2-16H,1H3/b16-15+. The molecule has 22 heavy (non-hydrogen) atoms. The lowest BCUT2D eigenvalue weighted by Crippen LogP contribution is -1.89. The molecule has 0 saturated heterocycles. The molecule has 0 atom stereocenters. The van der Waals surface area contributed by atoms with Crippen LogP contribution in [0.15, 0.2) is 85.1 Å². The molecule has 0 amide bonds. The van der Waals surface area contributed by atoms with Crippen LogP contribution in [-0.4, -0.2) is 7.11 Å². The minimum absolute atomic E-state index is 1.17. The normalized spacial score (nSPS) is 10.8. The maximum atomic E-state index is 5.15. The van der Waals surface area contributed by atoms with Crippen molar-refractivity contribution in [1.29, 1.82) is 0 Å². The minimum Gasteiger partial charge on any atom is -0.504 e. The van der Waals surface area contributed by atoms with Gasteiger partial charge in [-0.1, -0.05) is 78.9 Å². The zero-order valence-electron chi connectivity index (χ0n) is 12.6. The molecule has 3 rings (SSSR count).